The van der Waals surface area contributed by atoms with E-state index in [1.54, 1.807) is 6.92 Å². The van der Waals surface area contributed by atoms with Crippen molar-refractivity contribution in [2.45, 2.75) is 92.1 Å². The van der Waals surface area contributed by atoms with Gasteiger partial charge >= 0.3 is 7.60 Å². The van der Waals surface area contributed by atoms with Gasteiger partial charge in [0.25, 0.3) is 0 Å². The van der Waals surface area contributed by atoms with E-state index >= 15 is 0 Å². The highest BCUT2D eigenvalue weighted by Crippen LogP contribution is 2.42. The number of hydrogen-bond acceptors (Lipinski definition) is 2. The van der Waals surface area contributed by atoms with Gasteiger partial charge in [0, 0.05) is 6.54 Å². The molecule has 0 radical (unpaired) electrons. The molecule has 0 spiro atoms. The second-order valence-electron chi connectivity index (χ2n) is 8.31. The van der Waals surface area contributed by atoms with E-state index in [-0.39, 0.29) is 6.42 Å². The summed E-state index contributed by atoms with van der Waals surface area (Å²) in [6, 6.07) is 0. The Morgan fingerprint density at radius 2 is 1.27 bits per heavy atom. The van der Waals surface area contributed by atoms with Crippen LogP contribution in [-0.4, -0.2) is 27.9 Å². The molecule has 0 aromatic rings. The summed E-state index contributed by atoms with van der Waals surface area (Å²) in [6.45, 7) is 12.5. The largest absolute Gasteiger partial charge is 0.352 e. The lowest BCUT2D eigenvalue weighted by molar-refractivity contribution is -0.120. The Balaban J connectivity index is 4.24. The Morgan fingerprint density at radius 3 is 1.67 bits per heavy atom. The zero-order valence-electron chi connectivity index (χ0n) is 19.7. The van der Waals surface area contributed by atoms with Crippen molar-refractivity contribution in [3.05, 3.63) is 46.6 Å². The molecule has 0 fully saturated rings. The number of amides is 1. The molecule has 1 atom stereocenters. The summed E-state index contributed by atoms with van der Waals surface area (Å²) in [5.74, 6) is -0.588. The summed E-state index contributed by atoms with van der Waals surface area (Å²) in [7, 11) is -4.40. The maximum Gasteiger partial charge on any atom is 0.337 e. The number of hydrogen-bond donors (Lipinski definition) is 3. The average Bonchev–Trinajstić information content (AvgIpc) is 2.60. The fraction of sp³-hybridized carbons (Fsp3) is 0.625. The van der Waals surface area contributed by atoms with Crippen LogP contribution in [0.15, 0.2) is 46.6 Å². The van der Waals surface area contributed by atoms with Gasteiger partial charge in [0.2, 0.25) is 5.91 Å². The maximum absolute atomic E-state index is 11.9. The number of carbonyl (C=O) groups excluding carboxylic acids is 1. The van der Waals surface area contributed by atoms with Crippen molar-refractivity contribution in [2.24, 2.45) is 0 Å². The first-order chi connectivity index (χ1) is 14.0. The zero-order valence-corrected chi connectivity index (χ0v) is 20.6. The van der Waals surface area contributed by atoms with E-state index in [9.17, 15) is 19.1 Å². The predicted molar refractivity (Wildman–Crippen MR) is 128 cm³/mol. The molecule has 172 valence electrons. The Hall–Kier alpha value is -1.42. The SMILES string of the molecule is CCC(C(=O)NC/C=C(\C)CC/C=C(\C)CC/C=C(\C)CCC=C(C)C)P(=O)(O)O. The molecule has 0 saturated carbocycles. The van der Waals surface area contributed by atoms with E-state index in [1.165, 1.54) is 16.7 Å². The van der Waals surface area contributed by atoms with Gasteiger partial charge < -0.3 is 15.1 Å². The topological polar surface area (TPSA) is 86.6 Å². The zero-order chi connectivity index (χ0) is 23.2. The van der Waals surface area contributed by atoms with Gasteiger partial charge in [-0.25, -0.2) is 0 Å². The smallest absolute Gasteiger partial charge is 0.337 e. The van der Waals surface area contributed by atoms with Crippen LogP contribution in [0.3, 0.4) is 0 Å². The standard InChI is InChI=1S/C24H42NO4P/c1-7-23(30(27,28)29)24(26)25-18-17-22(6)16-10-15-21(5)14-9-13-20(4)12-8-11-19(2)3/h11,13,15,17,23H,7-10,12,14,16,18H2,1-6H3,(H,25,26)(H2,27,28,29)/b20-13+,21-15+,22-17+. The molecule has 3 N–H and O–H groups in total. The van der Waals surface area contributed by atoms with Gasteiger partial charge in [-0.1, -0.05) is 53.5 Å². The third-order valence-corrected chi connectivity index (χ3v) is 6.39. The third-order valence-electron chi connectivity index (χ3n) is 4.98. The lowest BCUT2D eigenvalue weighted by Gasteiger charge is -2.15. The maximum atomic E-state index is 11.9. The van der Waals surface area contributed by atoms with E-state index in [0.717, 1.165) is 44.1 Å². The summed E-state index contributed by atoms with van der Waals surface area (Å²) in [5, 5.41) is 2.60. The highest BCUT2D eigenvalue weighted by Gasteiger charge is 2.33. The summed E-state index contributed by atoms with van der Waals surface area (Å²) in [4.78, 5) is 30.3. The van der Waals surface area contributed by atoms with Gasteiger partial charge in [-0.15, -0.1) is 0 Å². The van der Waals surface area contributed by atoms with E-state index in [4.69, 9.17) is 0 Å². The third kappa shape index (κ3) is 14.5. The van der Waals surface area contributed by atoms with Crippen molar-refractivity contribution in [1.82, 2.24) is 5.32 Å². The van der Waals surface area contributed by atoms with Crippen LogP contribution in [-0.2, 0) is 9.36 Å². The highest BCUT2D eigenvalue weighted by molar-refractivity contribution is 7.53. The van der Waals surface area contributed by atoms with Crippen LogP contribution in [0.2, 0.25) is 0 Å². The molecule has 0 aliphatic heterocycles. The lowest BCUT2D eigenvalue weighted by atomic mass is 10.0. The number of allylic oxidation sites excluding steroid dienone is 7. The molecule has 1 amide bonds. The lowest BCUT2D eigenvalue weighted by Crippen LogP contribution is -2.34. The van der Waals surface area contributed by atoms with E-state index in [2.05, 4.69) is 51.2 Å². The summed E-state index contributed by atoms with van der Waals surface area (Å²) in [6.07, 6.45) is 15.1. The fourth-order valence-electron chi connectivity index (χ4n) is 3.01. The van der Waals surface area contributed by atoms with Crippen LogP contribution in [0.25, 0.3) is 0 Å². The van der Waals surface area contributed by atoms with Gasteiger partial charge in [-0.05, 0) is 79.6 Å². The van der Waals surface area contributed by atoms with Crippen LogP contribution >= 0.6 is 7.60 Å². The molecule has 0 rings (SSSR count). The van der Waals surface area contributed by atoms with Crippen LogP contribution in [0, 0.1) is 0 Å². The van der Waals surface area contributed by atoms with Crippen molar-refractivity contribution < 1.29 is 19.1 Å². The second kappa shape index (κ2) is 15.4. The van der Waals surface area contributed by atoms with Gasteiger partial charge in [0.1, 0.15) is 5.66 Å². The Kier molecular flexibility index (Phi) is 14.7. The van der Waals surface area contributed by atoms with Gasteiger partial charge in [-0.2, -0.15) is 0 Å². The molecule has 5 nitrogen and oxygen atoms in total. The first kappa shape index (κ1) is 28.6. The fourth-order valence-corrected chi connectivity index (χ4v) is 3.88. The molecular weight excluding hydrogens is 397 g/mol. The van der Waals surface area contributed by atoms with Crippen molar-refractivity contribution >= 4 is 13.5 Å². The molecule has 0 heterocycles. The van der Waals surface area contributed by atoms with Crippen molar-refractivity contribution in [1.29, 1.82) is 0 Å². The molecule has 1 unspecified atom stereocenters. The number of nitrogens with one attached hydrogen (secondary N) is 1. The van der Waals surface area contributed by atoms with Crippen LogP contribution < -0.4 is 5.32 Å². The van der Waals surface area contributed by atoms with Crippen molar-refractivity contribution in [3.8, 4) is 0 Å². The average molecular weight is 440 g/mol. The van der Waals surface area contributed by atoms with Crippen LogP contribution in [0.1, 0.15) is 86.5 Å². The van der Waals surface area contributed by atoms with Gasteiger partial charge in [0.15, 0.2) is 0 Å². The molecule has 0 aromatic carbocycles. The molecule has 0 aliphatic rings. The minimum Gasteiger partial charge on any atom is -0.352 e. The van der Waals surface area contributed by atoms with Gasteiger partial charge in [-0.3, -0.25) is 9.36 Å². The normalized spacial score (nSPS) is 14.5. The Morgan fingerprint density at radius 1 is 0.833 bits per heavy atom. The molecule has 0 aliphatic carbocycles. The Labute approximate surface area is 183 Å². The van der Waals surface area contributed by atoms with E-state index < -0.39 is 19.2 Å². The Bertz CT molecular complexity index is 694. The van der Waals surface area contributed by atoms with E-state index in [0.29, 0.717) is 6.54 Å². The first-order valence-electron chi connectivity index (χ1n) is 10.9. The second-order valence-corrected chi connectivity index (χ2v) is 10.1. The van der Waals surface area contributed by atoms with Crippen molar-refractivity contribution in [2.75, 3.05) is 6.54 Å². The number of rotatable bonds is 14. The quantitative estimate of drug-likeness (QED) is 0.222. The van der Waals surface area contributed by atoms with E-state index in [1.807, 2.05) is 13.0 Å². The molecule has 0 saturated heterocycles. The highest BCUT2D eigenvalue weighted by atomic mass is 31.2. The molecule has 0 bridgehead atoms. The summed E-state index contributed by atoms with van der Waals surface area (Å²) >= 11 is 0. The van der Waals surface area contributed by atoms with Crippen LogP contribution in [0.5, 0.6) is 0 Å². The van der Waals surface area contributed by atoms with Crippen LogP contribution in [0.4, 0.5) is 0 Å². The molecular formula is C24H42NO4P. The minimum absolute atomic E-state index is 0.118. The summed E-state index contributed by atoms with van der Waals surface area (Å²) < 4.78 is 11.3. The molecule has 30 heavy (non-hydrogen) atoms. The summed E-state index contributed by atoms with van der Waals surface area (Å²) in [5.41, 5.74) is 4.10. The molecule has 0 aromatic heterocycles. The monoisotopic (exact) mass is 439 g/mol. The van der Waals surface area contributed by atoms with Crippen molar-refractivity contribution in [3.63, 3.8) is 0 Å². The van der Waals surface area contributed by atoms with Gasteiger partial charge in [0.05, 0.1) is 0 Å². The molecule has 6 heteroatoms. The number of carbonyl (C=O) groups is 1. The predicted octanol–water partition coefficient (Wildman–Crippen LogP) is 6.20. The minimum atomic E-state index is -4.40. The first-order valence-corrected chi connectivity index (χ1v) is 12.6.